The van der Waals surface area contributed by atoms with Crippen LogP contribution in [0.5, 0.6) is 5.75 Å². The van der Waals surface area contributed by atoms with Crippen molar-refractivity contribution in [3.8, 4) is 11.4 Å². The number of carbonyl (C=O) groups is 2. The molecule has 1 fully saturated rings. The minimum atomic E-state index is -0.533. The Bertz CT molecular complexity index is 1140. The molecule has 3 aromatic rings. The summed E-state index contributed by atoms with van der Waals surface area (Å²) in [5.74, 6) is -1.01. The number of rotatable bonds is 6. The Morgan fingerprint density at radius 3 is 2.55 bits per heavy atom. The van der Waals surface area contributed by atoms with E-state index >= 15 is 0 Å². The highest BCUT2D eigenvalue weighted by Crippen LogP contribution is 2.30. The van der Waals surface area contributed by atoms with E-state index in [1.807, 2.05) is 19.1 Å². The van der Waals surface area contributed by atoms with Gasteiger partial charge in [-0.05, 0) is 68.1 Å². The molecule has 160 valence electrons. The second-order valence-electron chi connectivity index (χ2n) is 7.82. The average Bonchev–Trinajstić information content (AvgIpc) is 3.51. The number of benzene rings is 2. The summed E-state index contributed by atoms with van der Waals surface area (Å²) in [5.41, 5.74) is 2.62. The van der Waals surface area contributed by atoms with Crippen LogP contribution in [-0.2, 0) is 4.79 Å². The average molecular weight is 422 g/mol. The van der Waals surface area contributed by atoms with Gasteiger partial charge in [-0.2, -0.15) is 5.10 Å². The third-order valence-corrected chi connectivity index (χ3v) is 5.29. The number of hydrogen-bond acceptors (Lipinski definition) is 4. The van der Waals surface area contributed by atoms with Gasteiger partial charge in [0.2, 0.25) is 5.91 Å². The van der Waals surface area contributed by atoms with Crippen molar-refractivity contribution in [1.82, 2.24) is 15.1 Å². The summed E-state index contributed by atoms with van der Waals surface area (Å²) in [4.78, 5) is 24.5. The molecule has 7 nitrogen and oxygen atoms in total. The molecule has 1 aliphatic rings. The zero-order chi connectivity index (χ0) is 22.1. The quantitative estimate of drug-likeness (QED) is 0.562. The lowest BCUT2D eigenvalue weighted by Gasteiger charge is -2.14. The molecule has 1 heterocycles. The van der Waals surface area contributed by atoms with Gasteiger partial charge in [0.05, 0.1) is 17.9 Å². The molecule has 2 amide bonds. The van der Waals surface area contributed by atoms with E-state index in [4.69, 9.17) is 0 Å². The van der Waals surface area contributed by atoms with Crippen molar-refractivity contribution in [2.75, 3.05) is 5.32 Å². The van der Waals surface area contributed by atoms with Crippen LogP contribution in [0.3, 0.4) is 0 Å². The molecule has 1 aromatic heterocycles. The van der Waals surface area contributed by atoms with Gasteiger partial charge in [-0.3, -0.25) is 9.59 Å². The first-order valence-electron chi connectivity index (χ1n) is 10.1. The number of nitrogens with one attached hydrogen (secondary N) is 2. The van der Waals surface area contributed by atoms with Gasteiger partial charge in [0, 0.05) is 11.6 Å². The number of anilines is 1. The fourth-order valence-corrected chi connectivity index (χ4v) is 3.32. The lowest BCUT2D eigenvalue weighted by Crippen LogP contribution is -2.27. The maximum Gasteiger partial charge on any atom is 0.276 e. The van der Waals surface area contributed by atoms with E-state index in [1.165, 1.54) is 29.1 Å². The Morgan fingerprint density at radius 1 is 1.19 bits per heavy atom. The molecule has 1 atom stereocenters. The third-order valence-electron chi connectivity index (χ3n) is 5.29. The summed E-state index contributed by atoms with van der Waals surface area (Å²) in [6, 6.07) is 11.1. The van der Waals surface area contributed by atoms with Crippen molar-refractivity contribution in [2.24, 2.45) is 5.92 Å². The van der Waals surface area contributed by atoms with E-state index in [2.05, 4.69) is 15.7 Å². The Hall–Kier alpha value is -3.68. The third kappa shape index (κ3) is 4.58. The molecular formula is C23H23FN4O3. The molecule has 4 rings (SSSR count). The molecule has 31 heavy (non-hydrogen) atoms. The molecule has 0 aliphatic heterocycles. The van der Waals surface area contributed by atoms with Crippen LogP contribution in [0.2, 0.25) is 0 Å². The molecule has 1 aliphatic carbocycles. The number of aromatic nitrogens is 2. The van der Waals surface area contributed by atoms with Crippen LogP contribution in [0.1, 0.15) is 47.4 Å². The minimum Gasteiger partial charge on any atom is -0.504 e. The van der Waals surface area contributed by atoms with E-state index < -0.39 is 5.91 Å². The van der Waals surface area contributed by atoms with Crippen LogP contribution in [0.25, 0.3) is 5.69 Å². The van der Waals surface area contributed by atoms with E-state index in [9.17, 15) is 19.1 Å². The summed E-state index contributed by atoms with van der Waals surface area (Å²) in [5, 5.41) is 20.1. The van der Waals surface area contributed by atoms with Gasteiger partial charge >= 0.3 is 0 Å². The molecular weight excluding hydrogens is 399 g/mol. The molecule has 0 saturated heterocycles. The van der Waals surface area contributed by atoms with Gasteiger partial charge in [-0.1, -0.05) is 12.1 Å². The minimum absolute atomic E-state index is 0.0385. The van der Waals surface area contributed by atoms with Crippen molar-refractivity contribution in [2.45, 2.75) is 32.7 Å². The zero-order valence-electron chi connectivity index (χ0n) is 17.2. The van der Waals surface area contributed by atoms with Crippen LogP contribution in [0.15, 0.2) is 48.7 Å². The molecule has 0 bridgehead atoms. The fraction of sp³-hybridized carbons (Fsp3) is 0.261. The SMILES string of the molecule is Cc1cc(F)ccc1-n1cc(O)c(C(=O)N[C@H](C)c2ccc(NC(=O)C3CC3)cc2)n1. The highest BCUT2D eigenvalue weighted by atomic mass is 19.1. The lowest BCUT2D eigenvalue weighted by molar-refractivity contribution is -0.117. The second-order valence-corrected chi connectivity index (χ2v) is 7.82. The molecule has 0 radical (unpaired) electrons. The van der Waals surface area contributed by atoms with Gasteiger partial charge < -0.3 is 15.7 Å². The number of carbonyl (C=O) groups excluding carboxylic acids is 2. The molecule has 8 heteroatoms. The first-order valence-corrected chi connectivity index (χ1v) is 10.1. The van der Waals surface area contributed by atoms with Crippen LogP contribution in [0, 0.1) is 18.7 Å². The summed E-state index contributed by atoms with van der Waals surface area (Å²) in [6.45, 7) is 3.53. The summed E-state index contributed by atoms with van der Waals surface area (Å²) < 4.78 is 14.7. The maximum atomic E-state index is 13.3. The van der Waals surface area contributed by atoms with Crippen molar-refractivity contribution < 1.29 is 19.1 Å². The normalized spacial score (nSPS) is 14.2. The Kier molecular flexibility index (Phi) is 5.46. The molecule has 1 saturated carbocycles. The highest BCUT2D eigenvalue weighted by molar-refractivity contribution is 5.95. The standard InChI is InChI=1S/C23H23FN4O3/c1-13-11-17(24)7-10-19(13)28-12-20(29)21(27-28)23(31)25-14(2)15-5-8-18(9-6-15)26-22(30)16-3-4-16/h5-12,14,16,29H,3-4H2,1-2H3,(H,25,31)(H,26,30)/t14-/m1/s1. The van der Waals surface area contributed by atoms with Gasteiger partial charge in [-0.15, -0.1) is 0 Å². The van der Waals surface area contributed by atoms with Gasteiger partial charge in [0.25, 0.3) is 5.91 Å². The molecule has 2 aromatic carbocycles. The van der Waals surface area contributed by atoms with E-state index in [-0.39, 0.29) is 35.1 Å². The smallest absolute Gasteiger partial charge is 0.276 e. The number of aromatic hydroxyl groups is 1. The zero-order valence-corrected chi connectivity index (χ0v) is 17.2. The van der Waals surface area contributed by atoms with Crippen LogP contribution in [-0.4, -0.2) is 26.7 Å². The highest BCUT2D eigenvalue weighted by Gasteiger charge is 2.29. The number of aryl methyl sites for hydroxylation is 1. The number of nitrogens with zero attached hydrogens (tertiary/aromatic N) is 2. The van der Waals surface area contributed by atoms with Gasteiger partial charge in [0.15, 0.2) is 11.4 Å². The van der Waals surface area contributed by atoms with Crippen LogP contribution < -0.4 is 10.6 Å². The number of hydrogen-bond donors (Lipinski definition) is 3. The summed E-state index contributed by atoms with van der Waals surface area (Å²) >= 11 is 0. The van der Waals surface area contributed by atoms with Gasteiger partial charge in [0.1, 0.15) is 5.82 Å². The topological polar surface area (TPSA) is 96.3 Å². The monoisotopic (exact) mass is 422 g/mol. The predicted octanol–water partition coefficient (Wildman–Crippen LogP) is 3.86. The Balaban J connectivity index is 1.44. The van der Waals surface area contributed by atoms with E-state index in [0.29, 0.717) is 16.9 Å². The number of halogens is 1. The first-order chi connectivity index (χ1) is 14.8. The second kappa shape index (κ2) is 8.22. The van der Waals surface area contributed by atoms with E-state index in [1.54, 1.807) is 19.1 Å². The number of amides is 2. The largest absolute Gasteiger partial charge is 0.504 e. The first kappa shape index (κ1) is 20.6. The molecule has 3 N–H and O–H groups in total. The summed E-state index contributed by atoms with van der Waals surface area (Å²) in [7, 11) is 0. The van der Waals surface area contributed by atoms with Crippen molar-refractivity contribution in [3.05, 3.63) is 71.3 Å². The molecule has 0 unspecified atom stereocenters. The lowest BCUT2D eigenvalue weighted by atomic mass is 10.1. The van der Waals surface area contributed by atoms with Crippen LogP contribution in [0.4, 0.5) is 10.1 Å². The van der Waals surface area contributed by atoms with Crippen molar-refractivity contribution in [3.63, 3.8) is 0 Å². The summed E-state index contributed by atoms with van der Waals surface area (Å²) in [6.07, 6.45) is 3.20. The fourth-order valence-electron chi connectivity index (χ4n) is 3.32. The Morgan fingerprint density at radius 2 is 1.90 bits per heavy atom. The van der Waals surface area contributed by atoms with Gasteiger partial charge in [-0.25, -0.2) is 9.07 Å². The van der Waals surface area contributed by atoms with Crippen LogP contribution >= 0.6 is 0 Å². The predicted molar refractivity (Wildman–Crippen MR) is 114 cm³/mol. The maximum absolute atomic E-state index is 13.3. The van der Waals surface area contributed by atoms with Crippen molar-refractivity contribution in [1.29, 1.82) is 0 Å². The molecule has 0 spiro atoms. The Labute approximate surface area is 178 Å². The van der Waals surface area contributed by atoms with Crippen molar-refractivity contribution >= 4 is 17.5 Å². The van der Waals surface area contributed by atoms with E-state index in [0.717, 1.165) is 18.4 Å².